The van der Waals surface area contributed by atoms with E-state index in [2.05, 4.69) is 63.2 Å². The summed E-state index contributed by atoms with van der Waals surface area (Å²) in [5.41, 5.74) is 4.11. The van der Waals surface area contributed by atoms with Crippen LogP contribution in [0.1, 0.15) is 26.3 Å². The molecule has 18 heavy (non-hydrogen) atoms. The molecule has 2 aromatic carbocycles. The average Bonchev–Trinajstić information content (AvgIpc) is 2.29. The molecule has 0 radical (unpaired) electrons. The summed E-state index contributed by atoms with van der Waals surface area (Å²) in [6.45, 7) is 6.71. The van der Waals surface area contributed by atoms with Crippen LogP contribution in [0.25, 0.3) is 11.1 Å². The maximum Gasteiger partial charge on any atom is 2.00 e. The molecule has 2 rings (SSSR count). The van der Waals surface area contributed by atoms with Crippen molar-refractivity contribution in [3.8, 4) is 11.1 Å². The fraction of sp³-hybridized carbons (Fsp3) is 0.250. The first kappa shape index (κ1) is 17.7. The number of hydrogen-bond acceptors (Lipinski definition) is 0. The number of hydrogen-bond donors (Lipinski definition) is 0. The minimum Gasteiger partial charge on any atom is -1.00 e. The molecule has 0 nitrogen and oxygen atoms in total. The summed E-state index contributed by atoms with van der Waals surface area (Å²) in [5.74, 6) is 0. The van der Waals surface area contributed by atoms with Crippen LogP contribution in [-0.4, -0.2) is 23.1 Å². The van der Waals surface area contributed by atoms with E-state index in [1.54, 1.807) is 0 Å². The quantitative estimate of drug-likeness (QED) is 0.546. The summed E-state index contributed by atoms with van der Waals surface area (Å²) in [6.07, 6.45) is 0. The van der Waals surface area contributed by atoms with Crippen molar-refractivity contribution in [2.24, 2.45) is 0 Å². The third-order valence-corrected chi connectivity index (χ3v) is 2.80. The Labute approximate surface area is 137 Å². The van der Waals surface area contributed by atoms with Crippen molar-refractivity contribution in [2.75, 3.05) is 0 Å². The Hall–Kier alpha value is -0.314. The average molecular weight is 314 g/mol. The van der Waals surface area contributed by atoms with E-state index in [9.17, 15) is 0 Å². The monoisotopic (exact) mass is 312 g/mol. The van der Waals surface area contributed by atoms with Crippen LogP contribution in [0.15, 0.2) is 48.5 Å². The number of rotatable bonds is 1. The van der Waals surface area contributed by atoms with E-state index >= 15 is 0 Å². The molecule has 0 fully saturated rings. The molecule has 0 N–H and O–H groups in total. The zero-order valence-electron chi connectivity index (χ0n) is 11.2. The first-order valence-corrected chi connectivity index (χ1v) is 5.64. The van der Waals surface area contributed by atoms with Gasteiger partial charge < -0.3 is 17.0 Å². The van der Waals surface area contributed by atoms with Gasteiger partial charge in [-0.15, -0.1) is 5.56 Å². The molecular weight excluding hydrogens is 296 g/mol. The van der Waals surface area contributed by atoms with E-state index in [0.717, 1.165) is 0 Å². The first-order valence-electron chi connectivity index (χ1n) is 5.64. The van der Waals surface area contributed by atoms with Gasteiger partial charge in [-0.1, -0.05) is 45.0 Å². The molecular formula is C16H17BrMg. The normalized spacial score (nSPS) is 10.2. The Morgan fingerprint density at radius 1 is 0.778 bits per heavy atom. The second-order valence-electron chi connectivity index (χ2n) is 5.12. The molecule has 0 atom stereocenters. The van der Waals surface area contributed by atoms with Crippen LogP contribution in [0.5, 0.6) is 0 Å². The molecule has 0 saturated carbocycles. The van der Waals surface area contributed by atoms with Gasteiger partial charge in [0.1, 0.15) is 0 Å². The van der Waals surface area contributed by atoms with Gasteiger partial charge >= 0.3 is 23.1 Å². The van der Waals surface area contributed by atoms with Crippen LogP contribution in [0.3, 0.4) is 0 Å². The molecule has 0 aromatic heterocycles. The third kappa shape index (κ3) is 4.41. The number of benzene rings is 2. The van der Waals surface area contributed by atoms with Crippen molar-refractivity contribution >= 4 is 23.1 Å². The molecule has 0 aliphatic rings. The Morgan fingerprint density at radius 3 is 1.67 bits per heavy atom. The van der Waals surface area contributed by atoms with Crippen molar-refractivity contribution in [1.29, 1.82) is 0 Å². The van der Waals surface area contributed by atoms with Crippen LogP contribution < -0.4 is 17.0 Å². The number of halogens is 1. The van der Waals surface area contributed by atoms with Crippen molar-refractivity contribution in [1.82, 2.24) is 0 Å². The predicted octanol–water partition coefficient (Wildman–Crippen LogP) is 1.07. The van der Waals surface area contributed by atoms with Crippen LogP contribution >= 0.6 is 0 Å². The third-order valence-electron chi connectivity index (χ3n) is 2.80. The van der Waals surface area contributed by atoms with Crippen molar-refractivity contribution < 1.29 is 17.0 Å². The molecule has 2 aromatic rings. The van der Waals surface area contributed by atoms with Gasteiger partial charge in [0, 0.05) is 0 Å². The zero-order valence-corrected chi connectivity index (χ0v) is 14.2. The van der Waals surface area contributed by atoms with Crippen LogP contribution in [0.2, 0.25) is 0 Å². The van der Waals surface area contributed by atoms with E-state index in [-0.39, 0.29) is 45.4 Å². The van der Waals surface area contributed by atoms with Gasteiger partial charge in [0.2, 0.25) is 0 Å². The SMILES string of the molecule is CC(C)(C)c1ccc(-c2cc[c-]cc2)cc1.[Br-].[Mg+2]. The van der Waals surface area contributed by atoms with Gasteiger partial charge in [0.05, 0.1) is 0 Å². The minimum atomic E-state index is 0. The Bertz CT molecular complexity index is 455. The maximum absolute atomic E-state index is 3.04. The Kier molecular flexibility index (Phi) is 7.19. The summed E-state index contributed by atoms with van der Waals surface area (Å²) >= 11 is 0. The summed E-state index contributed by atoms with van der Waals surface area (Å²) < 4.78 is 0. The van der Waals surface area contributed by atoms with Gasteiger partial charge in [-0.2, -0.15) is 30.3 Å². The molecule has 0 aliphatic carbocycles. The fourth-order valence-corrected chi connectivity index (χ4v) is 1.74. The van der Waals surface area contributed by atoms with Crippen LogP contribution in [0, 0.1) is 6.07 Å². The summed E-state index contributed by atoms with van der Waals surface area (Å²) in [7, 11) is 0. The van der Waals surface area contributed by atoms with E-state index in [1.165, 1.54) is 16.7 Å². The largest absolute Gasteiger partial charge is 2.00 e. The predicted molar refractivity (Wildman–Crippen MR) is 75.2 cm³/mol. The molecule has 0 bridgehead atoms. The second kappa shape index (κ2) is 7.32. The fourth-order valence-electron chi connectivity index (χ4n) is 1.74. The van der Waals surface area contributed by atoms with Gasteiger partial charge in [-0.3, -0.25) is 0 Å². The summed E-state index contributed by atoms with van der Waals surface area (Å²) in [6, 6.07) is 19.9. The van der Waals surface area contributed by atoms with E-state index < -0.39 is 0 Å². The molecule has 0 amide bonds. The van der Waals surface area contributed by atoms with Gasteiger partial charge in [0.15, 0.2) is 0 Å². The Morgan fingerprint density at radius 2 is 1.22 bits per heavy atom. The smallest absolute Gasteiger partial charge is 1.00 e. The molecule has 0 aliphatic heterocycles. The van der Waals surface area contributed by atoms with E-state index in [1.807, 2.05) is 12.1 Å². The van der Waals surface area contributed by atoms with Crippen molar-refractivity contribution in [2.45, 2.75) is 26.2 Å². The molecule has 0 saturated heterocycles. The van der Waals surface area contributed by atoms with Crippen LogP contribution in [-0.2, 0) is 5.41 Å². The minimum absolute atomic E-state index is 0. The van der Waals surface area contributed by atoms with Gasteiger partial charge in [-0.05, 0) is 16.5 Å². The standard InChI is InChI=1S/C16H17.BrH.Mg/c1-16(2,3)15-11-9-14(10-12-15)13-7-5-4-6-8-13;;/h5-12H,1-3H3;1H;/q-1;;+2/p-1. The van der Waals surface area contributed by atoms with Crippen LogP contribution in [0.4, 0.5) is 0 Å². The van der Waals surface area contributed by atoms with Crippen molar-refractivity contribution in [3.63, 3.8) is 0 Å². The van der Waals surface area contributed by atoms with Gasteiger partial charge in [0.25, 0.3) is 0 Å². The molecule has 90 valence electrons. The zero-order chi connectivity index (χ0) is 11.6. The topological polar surface area (TPSA) is 0 Å². The van der Waals surface area contributed by atoms with E-state index in [0.29, 0.717) is 0 Å². The summed E-state index contributed by atoms with van der Waals surface area (Å²) in [5, 5.41) is 0. The molecule has 0 heterocycles. The first-order chi connectivity index (χ1) is 7.57. The van der Waals surface area contributed by atoms with Gasteiger partial charge in [-0.25, -0.2) is 0 Å². The molecule has 2 heteroatoms. The molecule has 0 unspecified atom stereocenters. The maximum atomic E-state index is 3.04. The van der Waals surface area contributed by atoms with E-state index in [4.69, 9.17) is 0 Å². The second-order valence-corrected chi connectivity index (χ2v) is 5.12. The molecule has 0 spiro atoms. The van der Waals surface area contributed by atoms with Crippen molar-refractivity contribution in [3.05, 3.63) is 60.2 Å². The Balaban J connectivity index is 0.00000144. The summed E-state index contributed by atoms with van der Waals surface area (Å²) in [4.78, 5) is 0.